The summed E-state index contributed by atoms with van der Waals surface area (Å²) in [5.41, 5.74) is 0.562. The molecule has 0 bridgehead atoms. The smallest absolute Gasteiger partial charge is 0.0741 e. The summed E-state index contributed by atoms with van der Waals surface area (Å²) in [5.74, 6) is 0. The second kappa shape index (κ2) is 4.04. The highest BCUT2D eigenvalue weighted by Crippen LogP contribution is 2.32. The number of rotatable bonds is 0. The molecule has 2 saturated heterocycles. The van der Waals surface area contributed by atoms with Gasteiger partial charge in [0, 0.05) is 12.1 Å². The van der Waals surface area contributed by atoms with Crippen molar-refractivity contribution < 1.29 is 0 Å². The molecule has 1 spiro atoms. The van der Waals surface area contributed by atoms with Crippen LogP contribution in [0.3, 0.4) is 0 Å². The normalized spacial score (nSPS) is 28.2. The molecule has 3 heteroatoms. The van der Waals surface area contributed by atoms with E-state index < -0.39 is 0 Å². The van der Waals surface area contributed by atoms with E-state index in [0.29, 0.717) is 0 Å². The van der Waals surface area contributed by atoms with Gasteiger partial charge in [-0.25, -0.2) is 0 Å². The predicted octanol–water partition coefficient (Wildman–Crippen LogP) is 1.16. The Kier molecular flexibility index (Phi) is 3.06. The van der Waals surface area contributed by atoms with Crippen molar-refractivity contribution in [1.82, 2.24) is 15.5 Å². The van der Waals surface area contributed by atoms with E-state index in [2.05, 4.69) is 36.3 Å². The number of piperidine rings is 1. The monoisotopic (exact) mass is 211 g/mol. The van der Waals surface area contributed by atoms with Gasteiger partial charge in [0.15, 0.2) is 0 Å². The first-order valence-corrected chi connectivity index (χ1v) is 6.28. The highest BCUT2D eigenvalue weighted by molar-refractivity contribution is 4.99. The molecule has 0 radical (unpaired) electrons. The van der Waals surface area contributed by atoms with Crippen LogP contribution in [0.1, 0.15) is 40.0 Å². The van der Waals surface area contributed by atoms with E-state index in [4.69, 9.17) is 0 Å². The Morgan fingerprint density at radius 2 is 1.73 bits per heavy atom. The van der Waals surface area contributed by atoms with Gasteiger partial charge in [0.25, 0.3) is 0 Å². The molecule has 0 aromatic carbocycles. The van der Waals surface area contributed by atoms with Gasteiger partial charge in [-0.05, 0) is 59.7 Å². The molecule has 2 aliphatic rings. The quantitative estimate of drug-likeness (QED) is 0.629. The summed E-state index contributed by atoms with van der Waals surface area (Å²) in [6.45, 7) is 11.7. The Labute approximate surface area is 93.6 Å². The van der Waals surface area contributed by atoms with Crippen molar-refractivity contribution in [2.45, 2.75) is 51.2 Å². The van der Waals surface area contributed by atoms with Crippen LogP contribution in [0.5, 0.6) is 0 Å². The van der Waals surface area contributed by atoms with E-state index in [1.807, 2.05) is 0 Å². The van der Waals surface area contributed by atoms with Crippen LogP contribution in [0, 0.1) is 0 Å². The van der Waals surface area contributed by atoms with E-state index in [0.717, 1.165) is 13.1 Å². The molecular weight excluding hydrogens is 186 g/mol. The van der Waals surface area contributed by atoms with Gasteiger partial charge in [-0.2, -0.15) is 0 Å². The summed E-state index contributed by atoms with van der Waals surface area (Å²) in [6, 6.07) is 0. The van der Waals surface area contributed by atoms with Crippen LogP contribution in [-0.4, -0.2) is 42.3 Å². The molecule has 2 fully saturated rings. The van der Waals surface area contributed by atoms with Crippen molar-refractivity contribution in [3.8, 4) is 0 Å². The third-order valence-corrected chi connectivity index (χ3v) is 3.77. The molecule has 88 valence electrons. The number of nitrogens with zero attached hydrogens (tertiary/aromatic N) is 1. The molecule has 0 aliphatic carbocycles. The van der Waals surface area contributed by atoms with Crippen molar-refractivity contribution in [2.24, 2.45) is 0 Å². The number of nitrogens with one attached hydrogen (secondary N) is 2. The lowest BCUT2D eigenvalue weighted by Gasteiger charge is -2.55. The lowest BCUT2D eigenvalue weighted by Crippen LogP contribution is -2.70. The summed E-state index contributed by atoms with van der Waals surface area (Å²) >= 11 is 0. The minimum Gasteiger partial charge on any atom is -0.316 e. The highest BCUT2D eigenvalue weighted by atomic mass is 15.4. The van der Waals surface area contributed by atoms with Gasteiger partial charge >= 0.3 is 0 Å². The maximum atomic E-state index is 3.78. The summed E-state index contributed by atoms with van der Waals surface area (Å²) < 4.78 is 0. The van der Waals surface area contributed by atoms with Crippen LogP contribution in [0.25, 0.3) is 0 Å². The van der Waals surface area contributed by atoms with E-state index in [1.54, 1.807) is 0 Å². The van der Waals surface area contributed by atoms with Crippen LogP contribution in [-0.2, 0) is 0 Å². The summed E-state index contributed by atoms with van der Waals surface area (Å²) in [7, 11) is 0. The largest absolute Gasteiger partial charge is 0.316 e. The van der Waals surface area contributed by atoms with Gasteiger partial charge in [-0.1, -0.05) is 0 Å². The Hall–Kier alpha value is -0.120. The van der Waals surface area contributed by atoms with E-state index in [1.165, 1.54) is 32.4 Å². The van der Waals surface area contributed by atoms with Crippen molar-refractivity contribution in [3.05, 3.63) is 0 Å². The highest BCUT2D eigenvalue weighted by Gasteiger charge is 2.43. The van der Waals surface area contributed by atoms with E-state index in [9.17, 15) is 0 Å². The molecule has 2 rings (SSSR count). The molecule has 0 aromatic rings. The Morgan fingerprint density at radius 1 is 1.07 bits per heavy atom. The fraction of sp³-hybridized carbons (Fsp3) is 1.00. The Balaban J connectivity index is 2.17. The molecule has 0 atom stereocenters. The first-order valence-electron chi connectivity index (χ1n) is 6.28. The summed E-state index contributed by atoms with van der Waals surface area (Å²) in [6.07, 6.45) is 3.76. The third-order valence-electron chi connectivity index (χ3n) is 3.77. The van der Waals surface area contributed by atoms with Crippen molar-refractivity contribution in [1.29, 1.82) is 0 Å². The van der Waals surface area contributed by atoms with Crippen LogP contribution in [0.15, 0.2) is 0 Å². The molecule has 2 N–H and O–H groups in total. The third kappa shape index (κ3) is 2.19. The fourth-order valence-corrected chi connectivity index (χ4v) is 3.13. The Morgan fingerprint density at radius 3 is 2.33 bits per heavy atom. The van der Waals surface area contributed by atoms with E-state index >= 15 is 0 Å². The molecule has 0 aromatic heterocycles. The standard InChI is InChI=1S/C12H25N3/c1-11(2,3)15-10-4-7-14-12(15)5-8-13-9-6-12/h13-14H,4-10H2,1-3H3. The Bertz CT molecular complexity index is 205. The zero-order valence-electron chi connectivity index (χ0n) is 10.4. The average molecular weight is 211 g/mol. The maximum absolute atomic E-state index is 3.78. The molecule has 0 amide bonds. The maximum Gasteiger partial charge on any atom is 0.0741 e. The van der Waals surface area contributed by atoms with Gasteiger partial charge in [-0.15, -0.1) is 0 Å². The molecular formula is C12H25N3. The summed E-state index contributed by atoms with van der Waals surface area (Å²) in [4.78, 5) is 2.68. The molecule has 15 heavy (non-hydrogen) atoms. The number of hydrogen-bond acceptors (Lipinski definition) is 3. The second-order valence-electron chi connectivity index (χ2n) is 5.88. The first-order chi connectivity index (χ1) is 7.05. The van der Waals surface area contributed by atoms with Crippen molar-refractivity contribution in [2.75, 3.05) is 26.2 Å². The van der Waals surface area contributed by atoms with Gasteiger partial charge in [0.05, 0.1) is 5.66 Å². The van der Waals surface area contributed by atoms with Crippen molar-refractivity contribution >= 4 is 0 Å². The van der Waals surface area contributed by atoms with Crippen LogP contribution in [0.2, 0.25) is 0 Å². The van der Waals surface area contributed by atoms with Crippen LogP contribution < -0.4 is 10.6 Å². The molecule has 2 aliphatic heterocycles. The molecule has 0 saturated carbocycles. The zero-order chi connectivity index (χ0) is 10.9. The topological polar surface area (TPSA) is 27.3 Å². The van der Waals surface area contributed by atoms with Crippen LogP contribution in [0.4, 0.5) is 0 Å². The lowest BCUT2D eigenvalue weighted by atomic mass is 9.88. The van der Waals surface area contributed by atoms with Gasteiger partial charge < -0.3 is 5.32 Å². The predicted molar refractivity (Wildman–Crippen MR) is 63.9 cm³/mol. The van der Waals surface area contributed by atoms with Crippen molar-refractivity contribution in [3.63, 3.8) is 0 Å². The molecule has 3 nitrogen and oxygen atoms in total. The average Bonchev–Trinajstić information content (AvgIpc) is 2.18. The first kappa shape index (κ1) is 11.4. The molecule has 2 heterocycles. The fourth-order valence-electron chi connectivity index (χ4n) is 3.13. The van der Waals surface area contributed by atoms with Gasteiger partial charge in [0.2, 0.25) is 0 Å². The second-order valence-corrected chi connectivity index (χ2v) is 5.88. The zero-order valence-corrected chi connectivity index (χ0v) is 10.4. The molecule has 0 unspecified atom stereocenters. The van der Waals surface area contributed by atoms with Gasteiger partial charge in [-0.3, -0.25) is 10.2 Å². The number of hydrogen-bond donors (Lipinski definition) is 2. The minimum atomic E-state index is 0.280. The van der Waals surface area contributed by atoms with Gasteiger partial charge in [0.1, 0.15) is 0 Å². The van der Waals surface area contributed by atoms with E-state index in [-0.39, 0.29) is 11.2 Å². The van der Waals surface area contributed by atoms with Crippen LogP contribution >= 0.6 is 0 Å². The summed E-state index contributed by atoms with van der Waals surface area (Å²) in [5, 5.41) is 7.24. The lowest BCUT2D eigenvalue weighted by molar-refractivity contribution is -0.0583. The SMILES string of the molecule is CC(C)(C)N1CCCNC12CCNCC2. The minimum absolute atomic E-state index is 0.280.